The van der Waals surface area contributed by atoms with Crippen molar-refractivity contribution >= 4 is 22.2 Å². The van der Waals surface area contributed by atoms with E-state index in [1.165, 1.54) is 5.56 Å². The Kier molecular flexibility index (Phi) is 15.1. The molecule has 0 amide bonds. The molecule has 4 aromatic carbocycles. The summed E-state index contributed by atoms with van der Waals surface area (Å²) in [6, 6.07) is 23.6. The molecule has 0 spiro atoms. The first-order valence-electron chi connectivity index (χ1n) is 20.6. The van der Waals surface area contributed by atoms with E-state index in [9.17, 15) is 25.2 Å². The number of nitrogens with one attached hydrogen (secondary N) is 1. The number of aryl methyl sites for hydroxylation is 2. The number of carbonyl (C=O) groups excluding carboxylic acids is 1. The molecule has 4 aromatic rings. The number of ketones is 1. The van der Waals surface area contributed by atoms with Gasteiger partial charge in [0.15, 0.2) is 11.5 Å². The maximum atomic E-state index is 13.7. The number of allylic oxidation sites excluding steroid dienone is 3. The average Bonchev–Trinajstić information content (AvgIpc) is 3.22. The van der Waals surface area contributed by atoms with Gasteiger partial charge in [-0.25, -0.2) is 0 Å². The summed E-state index contributed by atoms with van der Waals surface area (Å²) in [4.78, 5) is 13.7. The van der Waals surface area contributed by atoms with Crippen LogP contribution in [0.2, 0.25) is 0 Å². The van der Waals surface area contributed by atoms with Crippen LogP contribution in [0.4, 0.5) is 5.69 Å². The molecule has 9 heteroatoms. The number of hydrogen-bond acceptors (Lipinski definition) is 9. The SMILES string of the molecule is COc1ccc2cc1OCc1ccc3c(c(O)ccc3c1)CC#CO[C@H](C[C@H]1C=C(O)C(CCCO)=C[C@H]1CCCCc1cccc(NC[C@H](C)O)c1)CC(=O)CC2. The van der Waals surface area contributed by atoms with Gasteiger partial charge in [-0.3, -0.25) is 4.79 Å². The van der Waals surface area contributed by atoms with Crippen molar-refractivity contribution in [1.82, 2.24) is 0 Å². The first-order chi connectivity index (χ1) is 28.2. The first-order valence-corrected chi connectivity index (χ1v) is 20.6. The number of carbonyl (C=O) groups is 1. The smallest absolute Gasteiger partial charge is 0.161 e. The molecule has 7 rings (SSSR count). The minimum Gasteiger partial charge on any atom is -0.508 e. The summed E-state index contributed by atoms with van der Waals surface area (Å²) < 4.78 is 18.1. The highest BCUT2D eigenvalue weighted by atomic mass is 16.5. The lowest BCUT2D eigenvalue weighted by Crippen LogP contribution is -2.25. The van der Waals surface area contributed by atoms with Gasteiger partial charge in [-0.15, -0.1) is 0 Å². The minimum absolute atomic E-state index is 0.0446. The molecule has 0 saturated heterocycles. The third-order valence-electron chi connectivity index (χ3n) is 11.1. The number of hydrogen-bond donors (Lipinski definition) is 5. The summed E-state index contributed by atoms with van der Waals surface area (Å²) in [5.41, 5.74) is 5.68. The Morgan fingerprint density at radius 1 is 0.931 bits per heavy atom. The fourth-order valence-corrected chi connectivity index (χ4v) is 7.96. The second kappa shape index (κ2) is 20.8. The second-order valence-corrected chi connectivity index (χ2v) is 15.6. The molecule has 5 N–H and O–H groups in total. The van der Waals surface area contributed by atoms with Gasteiger partial charge in [0.25, 0.3) is 0 Å². The number of aliphatic hydroxyl groups is 3. The predicted octanol–water partition coefficient (Wildman–Crippen LogP) is 8.91. The van der Waals surface area contributed by atoms with Gasteiger partial charge in [0.2, 0.25) is 0 Å². The van der Waals surface area contributed by atoms with Crippen molar-refractivity contribution in [3.63, 3.8) is 0 Å². The monoisotopic (exact) mass is 787 g/mol. The number of unbranched alkanes of at least 4 members (excludes halogenated alkanes) is 1. The zero-order valence-electron chi connectivity index (χ0n) is 33.7. The van der Waals surface area contributed by atoms with Crippen LogP contribution in [0.3, 0.4) is 0 Å². The number of benzene rings is 4. The van der Waals surface area contributed by atoms with E-state index in [2.05, 4.69) is 35.6 Å². The largest absolute Gasteiger partial charge is 0.508 e. The fraction of sp³-hybridized carbons (Fsp3) is 0.408. The van der Waals surface area contributed by atoms with E-state index in [0.29, 0.717) is 62.3 Å². The molecule has 1 aliphatic carbocycles. The summed E-state index contributed by atoms with van der Waals surface area (Å²) in [7, 11) is 1.61. The normalized spacial score (nSPS) is 19.0. The molecular formula is C49H57NO8. The maximum Gasteiger partial charge on any atom is 0.161 e. The summed E-state index contributed by atoms with van der Waals surface area (Å²) in [5.74, 6) is 4.75. The van der Waals surface area contributed by atoms with Crippen LogP contribution >= 0.6 is 0 Å². The number of rotatable bonds is 14. The van der Waals surface area contributed by atoms with E-state index in [0.717, 1.165) is 58.8 Å². The number of ether oxygens (including phenoxy) is 3. The third-order valence-corrected chi connectivity index (χ3v) is 11.1. The van der Waals surface area contributed by atoms with Gasteiger partial charge < -0.3 is 40.0 Å². The minimum atomic E-state index is -0.527. The van der Waals surface area contributed by atoms with Crippen LogP contribution in [0.15, 0.2) is 96.3 Å². The molecule has 0 aromatic heterocycles. The van der Waals surface area contributed by atoms with E-state index in [1.54, 1.807) is 20.1 Å². The van der Waals surface area contributed by atoms with Crippen LogP contribution in [0.1, 0.15) is 80.5 Å². The Labute approximate surface area is 342 Å². The van der Waals surface area contributed by atoms with Crippen molar-refractivity contribution in [3.8, 4) is 29.3 Å². The molecule has 2 heterocycles. The number of aromatic hydroxyl groups is 1. The highest BCUT2D eigenvalue weighted by Crippen LogP contribution is 2.37. The highest BCUT2D eigenvalue weighted by molar-refractivity contribution is 5.88. The molecule has 9 nitrogen and oxygen atoms in total. The molecule has 58 heavy (non-hydrogen) atoms. The van der Waals surface area contributed by atoms with Gasteiger partial charge in [0.05, 0.1) is 13.2 Å². The van der Waals surface area contributed by atoms with Crippen molar-refractivity contribution in [2.75, 3.05) is 25.6 Å². The van der Waals surface area contributed by atoms with Crippen LogP contribution in [0.5, 0.6) is 17.2 Å². The molecular weight excluding hydrogens is 731 g/mol. The van der Waals surface area contributed by atoms with Gasteiger partial charge >= 0.3 is 0 Å². The maximum absolute atomic E-state index is 13.7. The average molecular weight is 788 g/mol. The Morgan fingerprint density at radius 3 is 2.62 bits per heavy atom. The van der Waals surface area contributed by atoms with Crippen LogP contribution < -0.4 is 14.8 Å². The molecule has 0 saturated carbocycles. The van der Waals surface area contributed by atoms with Crippen molar-refractivity contribution in [1.29, 1.82) is 0 Å². The topological polar surface area (TPSA) is 138 Å². The number of aliphatic hydroxyl groups excluding tert-OH is 3. The lowest BCUT2D eigenvalue weighted by molar-refractivity contribution is -0.121. The van der Waals surface area contributed by atoms with E-state index in [4.69, 9.17) is 14.2 Å². The van der Waals surface area contributed by atoms with Gasteiger partial charge in [0, 0.05) is 43.7 Å². The summed E-state index contributed by atoms with van der Waals surface area (Å²) in [5, 5.41) is 46.4. The van der Waals surface area contributed by atoms with Gasteiger partial charge in [-0.05, 0) is 139 Å². The van der Waals surface area contributed by atoms with Gasteiger partial charge in [0.1, 0.15) is 36.1 Å². The van der Waals surface area contributed by atoms with Gasteiger partial charge in [-0.1, -0.05) is 54.8 Å². The molecule has 3 aliphatic rings. The van der Waals surface area contributed by atoms with E-state index in [-0.39, 0.29) is 48.6 Å². The fourth-order valence-electron chi connectivity index (χ4n) is 7.96. The summed E-state index contributed by atoms with van der Waals surface area (Å²) in [6.07, 6.45) is 12.6. The zero-order valence-corrected chi connectivity index (χ0v) is 33.7. The third kappa shape index (κ3) is 11.8. The Hall–Kier alpha value is -5.43. The summed E-state index contributed by atoms with van der Waals surface area (Å²) >= 11 is 0. The van der Waals surface area contributed by atoms with Crippen molar-refractivity contribution in [2.45, 2.75) is 96.4 Å². The lowest BCUT2D eigenvalue weighted by atomic mass is 9.77. The molecule has 0 fully saturated rings. The molecule has 0 radical (unpaired) electrons. The Morgan fingerprint density at radius 2 is 1.79 bits per heavy atom. The van der Waals surface area contributed by atoms with Crippen LogP contribution in [0.25, 0.3) is 10.8 Å². The Balaban J connectivity index is 1.21. The number of phenolic OH excluding ortho intramolecular Hbond substituents is 1. The number of Topliss-reactive ketones (excluding diaryl/α,β-unsaturated/α-hetero) is 1. The molecule has 6 bridgehead atoms. The van der Waals surface area contributed by atoms with Crippen molar-refractivity contribution in [3.05, 3.63) is 119 Å². The first kappa shape index (κ1) is 42.2. The van der Waals surface area contributed by atoms with Crippen LogP contribution in [0, 0.1) is 23.9 Å². The van der Waals surface area contributed by atoms with E-state index < -0.39 is 12.2 Å². The molecule has 306 valence electrons. The number of methoxy groups -OCH3 is 1. The number of phenols is 1. The van der Waals surface area contributed by atoms with Gasteiger partial charge in [-0.2, -0.15) is 0 Å². The van der Waals surface area contributed by atoms with E-state index in [1.807, 2.05) is 60.7 Å². The highest BCUT2D eigenvalue weighted by Gasteiger charge is 2.29. The molecule has 0 unspecified atom stereocenters. The predicted molar refractivity (Wildman–Crippen MR) is 228 cm³/mol. The van der Waals surface area contributed by atoms with E-state index >= 15 is 0 Å². The molecule has 4 atom stereocenters. The van der Waals surface area contributed by atoms with Crippen molar-refractivity contribution < 1.29 is 39.4 Å². The Bertz CT molecular complexity index is 2140. The second-order valence-electron chi connectivity index (χ2n) is 15.6. The zero-order chi connectivity index (χ0) is 40.9. The number of fused-ring (bicyclic) bond motifs is 9. The van der Waals surface area contributed by atoms with Crippen molar-refractivity contribution in [2.24, 2.45) is 11.8 Å². The molecule has 2 aliphatic heterocycles. The quantitative estimate of drug-likeness (QED) is 0.0627. The number of anilines is 1. The lowest BCUT2D eigenvalue weighted by Gasteiger charge is -2.30. The van der Waals surface area contributed by atoms with Crippen LogP contribution in [-0.2, 0) is 35.4 Å². The van der Waals surface area contributed by atoms with Crippen LogP contribution in [-0.4, -0.2) is 58.7 Å². The summed E-state index contributed by atoms with van der Waals surface area (Å²) in [6.45, 7) is 2.62. The standard InChI is InChI=1S/C49H57NO8/c1-33(52)31-50-41-12-5-9-34(25-41)8-3-4-10-37-27-39(11-6-22-51)47(55)29-40(37)28-43-30-42(53)18-14-35-16-21-48(56-2)49(26-35)58-32-36-15-19-44-38(24-36)17-20-46(54)45(44)13-7-23-57-43/h5,9,12,15-17,19-21,24-27,29,33,37,40,43,50-52,54-55H,3-4,6,8,10-11,13-14,18,22,28,30-32H2,1-2H3/t33-,37+,40-,43+/m0/s1.